The molecule has 0 spiro atoms. The number of nitrogens with two attached hydrogens (primary N) is 1. The maximum Gasteiger partial charge on any atom is 0.112 e. The first-order valence-corrected chi connectivity index (χ1v) is 6.94. The summed E-state index contributed by atoms with van der Waals surface area (Å²) in [6.45, 7) is 9.90. The summed E-state index contributed by atoms with van der Waals surface area (Å²) in [4.78, 5) is 8.49. The molecule has 1 heterocycles. The number of aromatic nitrogens is 2. The number of aryl methyl sites for hydroxylation is 1. The van der Waals surface area contributed by atoms with Gasteiger partial charge >= 0.3 is 0 Å². The first-order chi connectivity index (χ1) is 8.13. The first-order valence-electron chi connectivity index (χ1n) is 5.89. The lowest BCUT2D eigenvalue weighted by atomic mass is 10.3. The minimum atomic E-state index is -0.0758. The van der Waals surface area contributed by atoms with E-state index in [1.807, 2.05) is 34.6 Å². The Morgan fingerprint density at radius 1 is 1.29 bits per heavy atom. The fourth-order valence-electron chi connectivity index (χ4n) is 1.18. The Morgan fingerprint density at radius 2 is 1.94 bits per heavy atom. The topological polar surface area (TPSA) is 61.0 Å². The van der Waals surface area contributed by atoms with Crippen LogP contribution in [0.15, 0.2) is 12.4 Å². The summed E-state index contributed by atoms with van der Waals surface area (Å²) in [5.41, 5.74) is 1.75. The highest BCUT2D eigenvalue weighted by Crippen LogP contribution is 2.19. The van der Waals surface area contributed by atoms with E-state index < -0.39 is 0 Å². The molecule has 1 unspecified atom stereocenters. The van der Waals surface area contributed by atoms with Crippen molar-refractivity contribution in [2.75, 3.05) is 5.75 Å². The Labute approximate surface area is 109 Å². The van der Waals surface area contributed by atoms with Crippen molar-refractivity contribution in [1.29, 1.82) is 0 Å². The van der Waals surface area contributed by atoms with Gasteiger partial charge in [-0.05, 0) is 20.8 Å². The average molecular weight is 257 g/mol. The minimum Gasteiger partial charge on any atom is -0.368 e. The van der Waals surface area contributed by atoms with Gasteiger partial charge in [0.05, 0.1) is 23.7 Å². The molecule has 4 nitrogen and oxygen atoms in total. The van der Waals surface area contributed by atoms with E-state index in [0.29, 0.717) is 5.75 Å². The second kappa shape index (κ2) is 9.39. The Bertz CT molecular complexity index is 290. The van der Waals surface area contributed by atoms with Gasteiger partial charge in [-0.25, -0.2) is 0 Å². The van der Waals surface area contributed by atoms with Crippen LogP contribution in [0.1, 0.15) is 45.2 Å². The van der Waals surface area contributed by atoms with Crippen molar-refractivity contribution in [3.8, 4) is 0 Å². The summed E-state index contributed by atoms with van der Waals surface area (Å²) in [6.07, 6.45) is 3.57. The molecular formula is C12H23N3OS. The molecule has 0 radical (unpaired) electrons. The van der Waals surface area contributed by atoms with E-state index in [2.05, 4.69) is 9.97 Å². The number of nitrogens with zero attached hydrogens (tertiary/aromatic N) is 2. The molecule has 0 saturated carbocycles. The van der Waals surface area contributed by atoms with E-state index in [0.717, 1.165) is 11.4 Å². The Balaban J connectivity index is 0.00000121. The van der Waals surface area contributed by atoms with Crippen LogP contribution in [0.5, 0.6) is 0 Å². The molecule has 98 valence electrons. The number of ether oxygens (including phenoxy) is 1. The van der Waals surface area contributed by atoms with Crippen molar-refractivity contribution in [3.05, 3.63) is 23.8 Å². The fraction of sp³-hybridized carbons (Fsp3) is 0.667. The van der Waals surface area contributed by atoms with Gasteiger partial charge < -0.3 is 4.74 Å². The molecule has 0 bridgehead atoms. The average Bonchev–Trinajstić information content (AvgIpc) is 2.31. The van der Waals surface area contributed by atoms with Crippen LogP contribution >= 0.6 is 11.9 Å². The van der Waals surface area contributed by atoms with Crippen LogP contribution in [0.2, 0.25) is 0 Å². The van der Waals surface area contributed by atoms with Crippen molar-refractivity contribution in [1.82, 2.24) is 9.97 Å². The molecule has 0 saturated heterocycles. The number of rotatable bonds is 5. The predicted molar refractivity (Wildman–Crippen MR) is 73.7 cm³/mol. The summed E-state index contributed by atoms with van der Waals surface area (Å²) in [6, 6.07) is 0. The molecular weight excluding hydrogens is 234 g/mol. The van der Waals surface area contributed by atoms with Crippen molar-refractivity contribution < 1.29 is 4.74 Å². The minimum absolute atomic E-state index is 0.0758. The van der Waals surface area contributed by atoms with E-state index in [4.69, 9.17) is 9.88 Å². The summed E-state index contributed by atoms with van der Waals surface area (Å²) in [7, 11) is 0. The summed E-state index contributed by atoms with van der Waals surface area (Å²) in [5.74, 6) is 0.690. The lowest BCUT2D eigenvalue weighted by molar-refractivity contribution is 0.0181. The third kappa shape index (κ3) is 6.61. The molecule has 0 aliphatic rings. The van der Waals surface area contributed by atoms with Gasteiger partial charge in [0.2, 0.25) is 0 Å². The zero-order valence-electron chi connectivity index (χ0n) is 11.3. The Kier molecular flexibility index (Phi) is 9.03. The highest BCUT2D eigenvalue weighted by atomic mass is 32.2. The smallest absolute Gasteiger partial charge is 0.112 e. The highest BCUT2D eigenvalue weighted by Gasteiger charge is 2.15. The van der Waals surface area contributed by atoms with Crippen LogP contribution in [0.4, 0.5) is 0 Å². The quantitative estimate of drug-likeness (QED) is 0.822. The third-order valence-electron chi connectivity index (χ3n) is 1.81. The molecule has 5 heteroatoms. The third-order valence-corrected chi connectivity index (χ3v) is 2.31. The lowest BCUT2D eigenvalue weighted by Gasteiger charge is -2.18. The van der Waals surface area contributed by atoms with Crippen LogP contribution < -0.4 is 5.14 Å². The predicted octanol–water partition coefficient (Wildman–Crippen LogP) is 2.88. The maximum atomic E-state index is 5.71. The second-order valence-corrected chi connectivity index (χ2v) is 4.26. The first kappa shape index (κ1) is 16.4. The Morgan fingerprint density at radius 3 is 2.35 bits per heavy atom. The SMILES string of the molecule is CC.Cc1cnc(C(CSN)OC(C)C)cn1. The van der Waals surface area contributed by atoms with Crippen molar-refractivity contribution in [2.45, 2.75) is 46.8 Å². The molecule has 0 fully saturated rings. The molecule has 0 aliphatic carbocycles. The Hall–Kier alpha value is -0.650. The fourth-order valence-corrected chi connectivity index (χ4v) is 1.60. The monoisotopic (exact) mass is 257 g/mol. The standard InChI is InChI=1S/C10H17N3OS.C2H6/c1-7(2)14-10(6-15-11)9-5-12-8(3)4-13-9;1-2/h4-5,7,10H,6,11H2,1-3H3;1-2H3. The molecule has 0 amide bonds. The van der Waals surface area contributed by atoms with Gasteiger partial charge in [0.1, 0.15) is 6.10 Å². The second-order valence-electron chi connectivity index (χ2n) is 3.59. The van der Waals surface area contributed by atoms with Crippen LogP contribution in [-0.2, 0) is 4.74 Å². The summed E-state index contributed by atoms with van der Waals surface area (Å²) in [5, 5.41) is 5.46. The van der Waals surface area contributed by atoms with Gasteiger partial charge in [-0.3, -0.25) is 15.1 Å². The lowest BCUT2D eigenvalue weighted by Crippen LogP contribution is -2.15. The molecule has 2 N–H and O–H groups in total. The summed E-state index contributed by atoms with van der Waals surface area (Å²) >= 11 is 1.26. The van der Waals surface area contributed by atoms with Crippen molar-refractivity contribution in [2.24, 2.45) is 5.14 Å². The zero-order chi connectivity index (χ0) is 13.3. The van der Waals surface area contributed by atoms with Gasteiger partial charge in [0.15, 0.2) is 0 Å². The van der Waals surface area contributed by atoms with E-state index in [1.54, 1.807) is 12.4 Å². The van der Waals surface area contributed by atoms with E-state index in [9.17, 15) is 0 Å². The number of hydrogen-bond acceptors (Lipinski definition) is 5. The molecule has 17 heavy (non-hydrogen) atoms. The maximum absolute atomic E-state index is 5.71. The van der Waals surface area contributed by atoms with Crippen molar-refractivity contribution >= 4 is 11.9 Å². The molecule has 1 aromatic heterocycles. The molecule has 1 aromatic rings. The van der Waals surface area contributed by atoms with E-state index in [-0.39, 0.29) is 12.2 Å². The van der Waals surface area contributed by atoms with Gasteiger partial charge in [-0.1, -0.05) is 25.8 Å². The van der Waals surface area contributed by atoms with Crippen LogP contribution in [-0.4, -0.2) is 21.8 Å². The van der Waals surface area contributed by atoms with Crippen molar-refractivity contribution in [3.63, 3.8) is 0 Å². The van der Waals surface area contributed by atoms with Gasteiger partial charge in [-0.15, -0.1) is 0 Å². The highest BCUT2D eigenvalue weighted by molar-refractivity contribution is 7.97. The van der Waals surface area contributed by atoms with Crippen LogP contribution in [0.3, 0.4) is 0 Å². The van der Waals surface area contributed by atoms with Gasteiger partial charge in [-0.2, -0.15) is 0 Å². The molecule has 0 aromatic carbocycles. The molecule has 0 aliphatic heterocycles. The van der Waals surface area contributed by atoms with Crippen LogP contribution in [0.25, 0.3) is 0 Å². The molecule has 1 rings (SSSR count). The van der Waals surface area contributed by atoms with Gasteiger partial charge in [0.25, 0.3) is 0 Å². The largest absolute Gasteiger partial charge is 0.368 e. The normalized spacial score (nSPS) is 11.9. The van der Waals surface area contributed by atoms with Crippen LogP contribution in [0, 0.1) is 6.92 Å². The zero-order valence-corrected chi connectivity index (χ0v) is 12.1. The van der Waals surface area contributed by atoms with E-state index >= 15 is 0 Å². The van der Waals surface area contributed by atoms with Gasteiger partial charge in [0, 0.05) is 11.9 Å². The summed E-state index contributed by atoms with van der Waals surface area (Å²) < 4.78 is 5.71. The van der Waals surface area contributed by atoms with E-state index in [1.165, 1.54) is 11.9 Å². The molecule has 1 atom stereocenters. The number of hydrogen-bond donors (Lipinski definition) is 1.